The molecule has 2 heterocycles. The summed E-state index contributed by atoms with van der Waals surface area (Å²) in [6.45, 7) is -0.0550. The number of pyridine rings is 1. The van der Waals surface area contributed by atoms with E-state index in [9.17, 15) is 14.0 Å². The minimum atomic E-state index is -1.13. The summed E-state index contributed by atoms with van der Waals surface area (Å²) in [5, 5.41) is 2.58. The van der Waals surface area contributed by atoms with E-state index in [4.69, 9.17) is 5.73 Å². The summed E-state index contributed by atoms with van der Waals surface area (Å²) in [6.07, 6.45) is 0.458. The number of hydrogen-bond acceptors (Lipinski definition) is 4. The molecule has 0 bridgehead atoms. The Kier molecular flexibility index (Phi) is 4.66. The van der Waals surface area contributed by atoms with E-state index in [1.54, 1.807) is 18.3 Å². The van der Waals surface area contributed by atoms with Crippen molar-refractivity contribution in [3.8, 4) is 0 Å². The molecule has 8 heteroatoms. The molecular weight excluding hydrogens is 331 g/mol. The first kappa shape index (κ1) is 14.9. The van der Waals surface area contributed by atoms with E-state index in [0.29, 0.717) is 5.82 Å². The maximum atomic E-state index is 13.3. The molecule has 0 aliphatic carbocycles. The zero-order valence-electron chi connectivity index (χ0n) is 10.6. The van der Waals surface area contributed by atoms with E-state index in [1.807, 2.05) is 0 Å². The lowest BCUT2D eigenvalue weighted by atomic mass is 10.2. The number of rotatable bonds is 4. The number of aromatic nitrogens is 1. The topological polar surface area (TPSA) is 88.3 Å². The fourth-order valence-electron chi connectivity index (χ4n) is 2.13. The molecule has 2 atom stereocenters. The molecule has 6 nitrogen and oxygen atoms in total. The molecule has 1 fully saturated rings. The summed E-state index contributed by atoms with van der Waals surface area (Å²) in [5.41, 5.74) is 5.20. The van der Waals surface area contributed by atoms with Crippen molar-refractivity contribution in [2.75, 3.05) is 18.4 Å². The van der Waals surface area contributed by atoms with Crippen LogP contribution in [0, 0.1) is 0 Å². The number of anilines is 1. The number of halogens is 2. The molecule has 0 saturated carbocycles. The van der Waals surface area contributed by atoms with Gasteiger partial charge >= 0.3 is 0 Å². The Labute approximate surface area is 123 Å². The summed E-state index contributed by atoms with van der Waals surface area (Å²) in [6, 6.07) is 2.64. The van der Waals surface area contributed by atoms with Crippen molar-refractivity contribution < 1.29 is 14.0 Å². The second-order valence-electron chi connectivity index (χ2n) is 4.59. The van der Waals surface area contributed by atoms with Gasteiger partial charge in [-0.15, -0.1) is 0 Å². The van der Waals surface area contributed by atoms with Crippen molar-refractivity contribution in [2.24, 2.45) is 5.73 Å². The van der Waals surface area contributed by atoms with Gasteiger partial charge in [-0.1, -0.05) is 0 Å². The van der Waals surface area contributed by atoms with Gasteiger partial charge in [0, 0.05) is 23.6 Å². The Bertz CT molecular complexity index is 511. The van der Waals surface area contributed by atoms with E-state index in [1.165, 1.54) is 4.90 Å². The highest BCUT2D eigenvalue weighted by atomic mass is 79.9. The Balaban J connectivity index is 1.93. The van der Waals surface area contributed by atoms with Gasteiger partial charge in [-0.05, 0) is 28.1 Å². The van der Waals surface area contributed by atoms with Gasteiger partial charge in [-0.3, -0.25) is 14.5 Å². The van der Waals surface area contributed by atoms with E-state index in [-0.39, 0.29) is 25.4 Å². The minimum absolute atomic E-state index is 0.0365. The molecule has 1 aliphatic heterocycles. The number of likely N-dealkylation sites (tertiary alicyclic amines) is 1. The number of amides is 2. The first-order valence-corrected chi connectivity index (χ1v) is 6.84. The molecule has 1 saturated heterocycles. The average molecular weight is 345 g/mol. The number of hydrogen-bond donors (Lipinski definition) is 2. The first-order valence-electron chi connectivity index (χ1n) is 6.04. The molecule has 20 heavy (non-hydrogen) atoms. The number of alkyl halides is 1. The molecule has 2 rings (SSSR count). The predicted octanol–water partition coefficient (Wildman–Crippen LogP) is 0.680. The third-order valence-electron chi connectivity index (χ3n) is 3.02. The molecule has 1 aromatic rings. The third-order valence-corrected chi connectivity index (χ3v) is 3.49. The second-order valence-corrected chi connectivity index (χ2v) is 5.51. The van der Waals surface area contributed by atoms with Gasteiger partial charge in [0.15, 0.2) is 0 Å². The summed E-state index contributed by atoms with van der Waals surface area (Å²) >= 11 is 3.24. The summed E-state index contributed by atoms with van der Waals surface area (Å²) in [4.78, 5) is 28.5. The molecule has 1 aliphatic rings. The molecule has 0 spiro atoms. The zero-order chi connectivity index (χ0) is 14.7. The number of nitrogens with zero attached hydrogens (tertiary/aromatic N) is 2. The van der Waals surface area contributed by atoms with Crippen LogP contribution in [0.2, 0.25) is 0 Å². The largest absolute Gasteiger partial charge is 0.368 e. The van der Waals surface area contributed by atoms with Gasteiger partial charge < -0.3 is 11.1 Å². The number of primary amides is 1. The van der Waals surface area contributed by atoms with E-state index >= 15 is 0 Å². The number of carbonyl (C=O) groups excluding carboxylic acids is 2. The Morgan fingerprint density at radius 2 is 2.30 bits per heavy atom. The molecule has 1 aromatic heterocycles. The van der Waals surface area contributed by atoms with Crippen LogP contribution >= 0.6 is 15.9 Å². The van der Waals surface area contributed by atoms with Crippen LogP contribution < -0.4 is 11.1 Å². The fraction of sp³-hybridized carbons (Fsp3) is 0.417. The van der Waals surface area contributed by atoms with Crippen LogP contribution in [0.25, 0.3) is 0 Å². The highest BCUT2D eigenvalue weighted by molar-refractivity contribution is 9.10. The van der Waals surface area contributed by atoms with E-state index < -0.39 is 18.1 Å². The minimum Gasteiger partial charge on any atom is -0.368 e. The first-order chi connectivity index (χ1) is 9.45. The standard InChI is InChI=1S/C12H14BrFN4O2/c13-7-1-2-10(16-4-7)17-11(19)6-18-5-8(14)3-9(18)12(15)20/h1-2,4,8-9H,3,5-6H2,(H2,15,20)(H,16,17,19)/t8-,9+/m1/s1. The Hall–Kier alpha value is -1.54. The molecule has 108 valence electrons. The van der Waals surface area contributed by atoms with Crippen molar-refractivity contribution >= 4 is 33.6 Å². The summed E-state index contributed by atoms with van der Waals surface area (Å²) < 4.78 is 14.1. The van der Waals surface area contributed by atoms with Crippen LogP contribution in [0.3, 0.4) is 0 Å². The average Bonchev–Trinajstić information content (AvgIpc) is 2.73. The molecular formula is C12H14BrFN4O2. The Morgan fingerprint density at radius 3 is 2.90 bits per heavy atom. The van der Waals surface area contributed by atoms with Crippen molar-refractivity contribution in [3.05, 3.63) is 22.8 Å². The van der Waals surface area contributed by atoms with Gasteiger partial charge in [0.05, 0.1) is 12.6 Å². The van der Waals surface area contributed by atoms with E-state index in [2.05, 4.69) is 26.2 Å². The normalized spacial score (nSPS) is 22.7. The lowest BCUT2D eigenvalue weighted by Crippen LogP contribution is -2.43. The van der Waals surface area contributed by atoms with Crippen LogP contribution in [0.5, 0.6) is 0 Å². The number of nitrogens with one attached hydrogen (secondary N) is 1. The lowest BCUT2D eigenvalue weighted by Gasteiger charge is -2.20. The highest BCUT2D eigenvalue weighted by Gasteiger charge is 2.36. The van der Waals surface area contributed by atoms with Gasteiger partial charge in [-0.25, -0.2) is 9.37 Å². The summed E-state index contributed by atoms with van der Waals surface area (Å²) in [5.74, 6) is -0.579. The third kappa shape index (κ3) is 3.73. The second kappa shape index (κ2) is 6.27. The van der Waals surface area contributed by atoms with Crippen molar-refractivity contribution in [1.82, 2.24) is 9.88 Å². The van der Waals surface area contributed by atoms with Gasteiger partial charge in [0.25, 0.3) is 0 Å². The molecule has 2 amide bonds. The summed E-state index contributed by atoms with van der Waals surface area (Å²) in [7, 11) is 0. The molecule has 0 aromatic carbocycles. The van der Waals surface area contributed by atoms with Crippen LogP contribution in [0.4, 0.5) is 10.2 Å². The maximum Gasteiger partial charge on any atom is 0.239 e. The van der Waals surface area contributed by atoms with Gasteiger partial charge in [0.2, 0.25) is 11.8 Å². The van der Waals surface area contributed by atoms with Crippen LogP contribution in [-0.2, 0) is 9.59 Å². The molecule has 3 N–H and O–H groups in total. The fourth-order valence-corrected chi connectivity index (χ4v) is 2.37. The number of carbonyl (C=O) groups is 2. The van der Waals surface area contributed by atoms with Crippen molar-refractivity contribution in [1.29, 1.82) is 0 Å². The lowest BCUT2D eigenvalue weighted by molar-refractivity contribution is -0.123. The van der Waals surface area contributed by atoms with Crippen LogP contribution in [0.1, 0.15) is 6.42 Å². The van der Waals surface area contributed by atoms with Gasteiger partial charge in [0.1, 0.15) is 12.0 Å². The van der Waals surface area contributed by atoms with E-state index in [0.717, 1.165) is 4.47 Å². The Morgan fingerprint density at radius 1 is 1.55 bits per heavy atom. The van der Waals surface area contributed by atoms with Crippen LogP contribution in [0.15, 0.2) is 22.8 Å². The number of nitrogens with two attached hydrogens (primary N) is 1. The van der Waals surface area contributed by atoms with Crippen LogP contribution in [-0.4, -0.2) is 47.0 Å². The molecule has 0 unspecified atom stereocenters. The maximum absolute atomic E-state index is 13.3. The zero-order valence-corrected chi connectivity index (χ0v) is 12.1. The SMILES string of the molecule is NC(=O)[C@@H]1C[C@@H](F)CN1CC(=O)Nc1ccc(Br)cn1. The monoisotopic (exact) mass is 344 g/mol. The molecule has 0 radical (unpaired) electrons. The highest BCUT2D eigenvalue weighted by Crippen LogP contribution is 2.20. The smallest absolute Gasteiger partial charge is 0.239 e. The van der Waals surface area contributed by atoms with Crippen molar-refractivity contribution in [3.63, 3.8) is 0 Å². The van der Waals surface area contributed by atoms with Gasteiger partial charge in [-0.2, -0.15) is 0 Å². The van der Waals surface area contributed by atoms with Crippen molar-refractivity contribution in [2.45, 2.75) is 18.6 Å². The quantitative estimate of drug-likeness (QED) is 0.840. The predicted molar refractivity (Wildman–Crippen MR) is 74.6 cm³/mol.